The van der Waals surface area contributed by atoms with Crippen LogP contribution in [0.25, 0.3) is 0 Å². The molecule has 0 heterocycles. The van der Waals surface area contributed by atoms with Crippen molar-refractivity contribution in [2.45, 2.75) is 19.6 Å². The third kappa shape index (κ3) is 3.97. The van der Waals surface area contributed by atoms with Crippen LogP contribution in [-0.4, -0.2) is 16.8 Å². The van der Waals surface area contributed by atoms with Gasteiger partial charge in [0.15, 0.2) is 0 Å². The van der Waals surface area contributed by atoms with Crippen LogP contribution in [0.1, 0.15) is 22.8 Å². The fraction of sp³-hybridized carbons (Fsp3) is 0.250. The van der Waals surface area contributed by atoms with Gasteiger partial charge in [0.2, 0.25) is 0 Å². The van der Waals surface area contributed by atoms with Gasteiger partial charge >= 0.3 is 0 Å². The number of phenols is 1. The number of hydrogen-bond acceptors (Lipinski definition) is 3. The first kappa shape index (κ1) is 14.9. The highest BCUT2D eigenvalue weighted by Gasteiger charge is 2.07. The highest BCUT2D eigenvalue weighted by molar-refractivity contribution is 6.30. The van der Waals surface area contributed by atoms with Crippen molar-refractivity contribution in [3.63, 3.8) is 0 Å². The van der Waals surface area contributed by atoms with Gasteiger partial charge < -0.3 is 15.5 Å². The fourth-order valence-corrected chi connectivity index (χ4v) is 2.14. The van der Waals surface area contributed by atoms with E-state index < -0.39 is 6.10 Å². The number of phenolic OH excluding ortho intramolecular Hbond substituents is 1. The summed E-state index contributed by atoms with van der Waals surface area (Å²) in [5.41, 5.74) is 2.75. The highest BCUT2D eigenvalue weighted by atomic mass is 35.5. The Hall–Kier alpha value is -1.55. The van der Waals surface area contributed by atoms with Crippen molar-refractivity contribution in [2.75, 3.05) is 6.54 Å². The smallest absolute Gasteiger partial charge is 0.120 e. The standard InChI is InChI=1S/C16H18ClNO2/c1-11-2-4-12(5-3-11)16(20)10-18-9-13-8-14(17)6-7-15(13)19/h2-8,16,18-20H,9-10H2,1H3. The molecule has 2 aromatic rings. The zero-order chi connectivity index (χ0) is 14.5. The molecule has 0 aliphatic heterocycles. The maximum Gasteiger partial charge on any atom is 0.120 e. The number of rotatable bonds is 5. The molecule has 2 aromatic carbocycles. The molecular weight excluding hydrogens is 274 g/mol. The van der Waals surface area contributed by atoms with Gasteiger partial charge in [0.25, 0.3) is 0 Å². The molecule has 0 aliphatic carbocycles. The van der Waals surface area contributed by atoms with Crippen molar-refractivity contribution < 1.29 is 10.2 Å². The average Bonchev–Trinajstić information content (AvgIpc) is 2.43. The number of nitrogens with one attached hydrogen (secondary N) is 1. The van der Waals surface area contributed by atoms with Gasteiger partial charge in [-0.25, -0.2) is 0 Å². The maximum atomic E-state index is 10.1. The summed E-state index contributed by atoms with van der Waals surface area (Å²) in [6.07, 6.45) is -0.572. The number of aliphatic hydroxyl groups is 1. The lowest BCUT2D eigenvalue weighted by molar-refractivity contribution is 0.174. The van der Waals surface area contributed by atoms with E-state index in [9.17, 15) is 10.2 Å². The second kappa shape index (κ2) is 6.75. The Kier molecular flexibility index (Phi) is 5.01. The zero-order valence-electron chi connectivity index (χ0n) is 11.3. The topological polar surface area (TPSA) is 52.5 Å². The Morgan fingerprint density at radius 3 is 2.55 bits per heavy atom. The summed E-state index contributed by atoms with van der Waals surface area (Å²) in [5.74, 6) is 0.201. The molecule has 3 nitrogen and oxygen atoms in total. The molecule has 20 heavy (non-hydrogen) atoms. The molecule has 0 saturated heterocycles. The maximum absolute atomic E-state index is 10.1. The van der Waals surface area contributed by atoms with E-state index >= 15 is 0 Å². The third-order valence-corrected chi connectivity index (χ3v) is 3.39. The van der Waals surface area contributed by atoms with Crippen molar-refractivity contribution in [3.8, 4) is 5.75 Å². The van der Waals surface area contributed by atoms with Crippen LogP contribution in [0.5, 0.6) is 5.75 Å². The summed E-state index contributed by atoms with van der Waals surface area (Å²) in [6.45, 7) is 2.88. The van der Waals surface area contributed by atoms with E-state index in [-0.39, 0.29) is 5.75 Å². The van der Waals surface area contributed by atoms with E-state index in [4.69, 9.17) is 11.6 Å². The minimum absolute atomic E-state index is 0.201. The number of aliphatic hydroxyl groups excluding tert-OH is 1. The first-order valence-electron chi connectivity index (χ1n) is 6.49. The lowest BCUT2D eigenvalue weighted by atomic mass is 10.1. The second-order valence-electron chi connectivity index (χ2n) is 4.83. The van der Waals surface area contributed by atoms with Crippen LogP contribution < -0.4 is 5.32 Å². The van der Waals surface area contributed by atoms with Crippen LogP contribution in [-0.2, 0) is 6.54 Å². The highest BCUT2D eigenvalue weighted by Crippen LogP contribution is 2.21. The quantitative estimate of drug-likeness (QED) is 0.793. The molecule has 1 atom stereocenters. The van der Waals surface area contributed by atoms with Gasteiger partial charge in [-0.2, -0.15) is 0 Å². The Morgan fingerprint density at radius 2 is 1.85 bits per heavy atom. The normalized spacial score (nSPS) is 12.3. The lowest BCUT2D eigenvalue weighted by Gasteiger charge is -2.13. The molecule has 3 N–H and O–H groups in total. The Labute approximate surface area is 123 Å². The largest absolute Gasteiger partial charge is 0.508 e. The van der Waals surface area contributed by atoms with Gasteiger partial charge in [-0.05, 0) is 30.7 Å². The van der Waals surface area contributed by atoms with Crippen LogP contribution >= 0.6 is 11.6 Å². The molecule has 4 heteroatoms. The molecule has 0 amide bonds. The van der Waals surface area contributed by atoms with Crippen LogP contribution in [0, 0.1) is 6.92 Å². The van der Waals surface area contributed by atoms with E-state index in [2.05, 4.69) is 5.32 Å². The summed E-state index contributed by atoms with van der Waals surface area (Å²) in [6, 6.07) is 12.7. The first-order chi connectivity index (χ1) is 9.56. The summed E-state index contributed by atoms with van der Waals surface area (Å²) >= 11 is 5.88. The summed E-state index contributed by atoms with van der Waals surface area (Å²) < 4.78 is 0. The van der Waals surface area contributed by atoms with E-state index in [0.29, 0.717) is 23.7 Å². The predicted octanol–water partition coefficient (Wildman–Crippen LogP) is 3.18. The molecule has 0 radical (unpaired) electrons. The second-order valence-corrected chi connectivity index (χ2v) is 5.27. The minimum atomic E-state index is -0.572. The molecule has 0 aromatic heterocycles. The molecule has 0 saturated carbocycles. The number of hydrogen-bond donors (Lipinski definition) is 3. The molecule has 0 aliphatic rings. The average molecular weight is 292 g/mol. The van der Waals surface area contributed by atoms with Crippen molar-refractivity contribution in [2.24, 2.45) is 0 Å². The summed E-state index contributed by atoms with van der Waals surface area (Å²) in [5, 5.41) is 23.4. The molecule has 0 spiro atoms. The minimum Gasteiger partial charge on any atom is -0.508 e. The van der Waals surface area contributed by atoms with Crippen LogP contribution in [0.15, 0.2) is 42.5 Å². The molecule has 2 rings (SSSR count). The van der Waals surface area contributed by atoms with Crippen molar-refractivity contribution in [1.82, 2.24) is 5.32 Å². The zero-order valence-corrected chi connectivity index (χ0v) is 12.1. The third-order valence-electron chi connectivity index (χ3n) is 3.16. The Balaban J connectivity index is 1.89. The summed E-state index contributed by atoms with van der Waals surface area (Å²) in [7, 11) is 0. The van der Waals surface area contributed by atoms with Gasteiger partial charge in [-0.3, -0.25) is 0 Å². The Bertz CT molecular complexity index is 569. The lowest BCUT2D eigenvalue weighted by Crippen LogP contribution is -2.21. The van der Waals surface area contributed by atoms with Crippen LogP contribution in [0.3, 0.4) is 0 Å². The number of halogens is 1. The van der Waals surface area contributed by atoms with Gasteiger partial charge in [0, 0.05) is 23.7 Å². The SMILES string of the molecule is Cc1ccc(C(O)CNCc2cc(Cl)ccc2O)cc1. The van der Waals surface area contributed by atoms with Gasteiger partial charge in [0.1, 0.15) is 5.75 Å². The van der Waals surface area contributed by atoms with E-state index in [1.54, 1.807) is 18.2 Å². The number of aryl methyl sites for hydroxylation is 1. The summed E-state index contributed by atoms with van der Waals surface area (Å²) in [4.78, 5) is 0. The number of benzene rings is 2. The van der Waals surface area contributed by atoms with Gasteiger partial charge in [-0.15, -0.1) is 0 Å². The van der Waals surface area contributed by atoms with E-state index in [1.807, 2.05) is 31.2 Å². The van der Waals surface area contributed by atoms with Crippen LogP contribution in [0.4, 0.5) is 0 Å². The predicted molar refractivity (Wildman–Crippen MR) is 81.0 cm³/mol. The van der Waals surface area contributed by atoms with E-state index in [0.717, 1.165) is 11.1 Å². The molecule has 0 bridgehead atoms. The molecule has 106 valence electrons. The van der Waals surface area contributed by atoms with Crippen LogP contribution in [0.2, 0.25) is 5.02 Å². The van der Waals surface area contributed by atoms with Crippen molar-refractivity contribution in [3.05, 3.63) is 64.2 Å². The molecular formula is C16H18ClNO2. The van der Waals surface area contributed by atoms with Crippen molar-refractivity contribution in [1.29, 1.82) is 0 Å². The van der Waals surface area contributed by atoms with E-state index in [1.165, 1.54) is 0 Å². The monoisotopic (exact) mass is 291 g/mol. The molecule has 0 fully saturated rings. The Morgan fingerprint density at radius 1 is 1.15 bits per heavy atom. The van der Waals surface area contributed by atoms with Gasteiger partial charge in [-0.1, -0.05) is 41.4 Å². The molecule has 1 unspecified atom stereocenters. The fourth-order valence-electron chi connectivity index (χ4n) is 1.95. The van der Waals surface area contributed by atoms with Crippen molar-refractivity contribution >= 4 is 11.6 Å². The number of aromatic hydroxyl groups is 1. The first-order valence-corrected chi connectivity index (χ1v) is 6.87. The van der Waals surface area contributed by atoms with Gasteiger partial charge in [0.05, 0.1) is 6.10 Å².